The summed E-state index contributed by atoms with van der Waals surface area (Å²) in [6, 6.07) is 7.40. The van der Waals surface area contributed by atoms with Gasteiger partial charge in [0.25, 0.3) is 0 Å². The summed E-state index contributed by atoms with van der Waals surface area (Å²) in [5.41, 5.74) is 1.71. The zero-order chi connectivity index (χ0) is 17.7. The molecule has 0 aromatic heterocycles. The van der Waals surface area contributed by atoms with E-state index in [0.29, 0.717) is 18.4 Å². The van der Waals surface area contributed by atoms with Crippen molar-refractivity contribution >= 4 is 15.9 Å². The molecule has 24 heavy (non-hydrogen) atoms. The molecule has 1 aromatic rings. The molecule has 2 amide bonds. The van der Waals surface area contributed by atoms with Crippen LogP contribution in [0.25, 0.3) is 0 Å². The standard InChI is InChI=1S/C18H28N2O3S/c1-13-5-4-6-17(14(13)2)20-18(21)19-11-15-7-9-16(10-8-15)12-24(3,22)23/h7-10,13-14,17H,4-6,11-12H2,1-3H3,(H2,19,20,21). The summed E-state index contributed by atoms with van der Waals surface area (Å²) in [6.07, 6.45) is 4.66. The molecule has 1 aliphatic rings. The highest BCUT2D eigenvalue weighted by Gasteiger charge is 2.27. The smallest absolute Gasteiger partial charge is 0.315 e. The Hall–Kier alpha value is -1.56. The van der Waals surface area contributed by atoms with E-state index in [2.05, 4.69) is 24.5 Å². The number of rotatable bonds is 5. The number of sulfone groups is 1. The number of hydrogen-bond acceptors (Lipinski definition) is 3. The first kappa shape index (κ1) is 18.8. The molecule has 0 heterocycles. The van der Waals surface area contributed by atoms with Crippen LogP contribution in [0, 0.1) is 11.8 Å². The number of carbonyl (C=O) groups is 1. The van der Waals surface area contributed by atoms with Crippen molar-refractivity contribution in [2.75, 3.05) is 6.26 Å². The average Bonchev–Trinajstić information content (AvgIpc) is 2.50. The average molecular weight is 353 g/mol. The van der Waals surface area contributed by atoms with Crippen molar-refractivity contribution < 1.29 is 13.2 Å². The van der Waals surface area contributed by atoms with E-state index in [-0.39, 0.29) is 17.8 Å². The number of benzene rings is 1. The first-order valence-electron chi connectivity index (χ1n) is 8.54. The molecule has 1 saturated carbocycles. The maximum absolute atomic E-state index is 12.1. The van der Waals surface area contributed by atoms with Crippen LogP contribution < -0.4 is 10.6 Å². The van der Waals surface area contributed by atoms with Crippen LogP contribution in [0.1, 0.15) is 44.2 Å². The van der Waals surface area contributed by atoms with Crippen molar-refractivity contribution in [1.82, 2.24) is 10.6 Å². The van der Waals surface area contributed by atoms with Gasteiger partial charge in [0.15, 0.2) is 9.84 Å². The van der Waals surface area contributed by atoms with Gasteiger partial charge in [0.05, 0.1) is 5.75 Å². The lowest BCUT2D eigenvalue weighted by Gasteiger charge is -2.34. The fourth-order valence-electron chi connectivity index (χ4n) is 3.24. The topological polar surface area (TPSA) is 75.3 Å². The predicted octanol–water partition coefficient (Wildman–Crippen LogP) is 2.86. The first-order valence-corrected chi connectivity index (χ1v) is 10.6. The Morgan fingerprint density at radius 3 is 2.38 bits per heavy atom. The molecule has 1 aromatic carbocycles. The van der Waals surface area contributed by atoms with Crippen molar-refractivity contribution in [1.29, 1.82) is 0 Å². The Kier molecular flexibility index (Phi) is 6.27. The minimum Gasteiger partial charge on any atom is -0.335 e. The molecule has 134 valence electrons. The Balaban J connectivity index is 1.81. The van der Waals surface area contributed by atoms with E-state index in [0.717, 1.165) is 24.0 Å². The Morgan fingerprint density at radius 2 is 1.75 bits per heavy atom. The maximum atomic E-state index is 12.1. The van der Waals surface area contributed by atoms with Gasteiger partial charge in [-0.05, 0) is 29.4 Å². The molecule has 6 heteroatoms. The molecule has 0 bridgehead atoms. The lowest BCUT2D eigenvalue weighted by atomic mass is 9.78. The number of urea groups is 1. The molecule has 3 atom stereocenters. The van der Waals surface area contributed by atoms with Crippen LogP contribution >= 0.6 is 0 Å². The summed E-state index contributed by atoms with van der Waals surface area (Å²) < 4.78 is 22.5. The molecule has 5 nitrogen and oxygen atoms in total. The second-order valence-corrected chi connectivity index (χ2v) is 9.23. The van der Waals surface area contributed by atoms with Crippen LogP contribution in [-0.2, 0) is 22.1 Å². The van der Waals surface area contributed by atoms with E-state index >= 15 is 0 Å². The van der Waals surface area contributed by atoms with Crippen molar-refractivity contribution in [2.45, 2.75) is 51.4 Å². The summed E-state index contributed by atoms with van der Waals surface area (Å²) >= 11 is 0. The lowest BCUT2D eigenvalue weighted by molar-refractivity contribution is 0.195. The third-order valence-corrected chi connectivity index (χ3v) is 5.79. The van der Waals surface area contributed by atoms with Crippen molar-refractivity contribution in [3.05, 3.63) is 35.4 Å². The zero-order valence-electron chi connectivity index (χ0n) is 14.7. The van der Waals surface area contributed by atoms with Gasteiger partial charge in [0.1, 0.15) is 0 Å². The van der Waals surface area contributed by atoms with E-state index in [1.54, 1.807) is 12.1 Å². The Morgan fingerprint density at radius 1 is 1.12 bits per heavy atom. The van der Waals surface area contributed by atoms with Crippen LogP contribution in [0.2, 0.25) is 0 Å². The Bertz CT molecular complexity index is 655. The molecule has 1 fully saturated rings. The second-order valence-electron chi connectivity index (χ2n) is 7.09. The third kappa shape index (κ3) is 5.82. The molecule has 0 saturated heterocycles. The molecular formula is C18H28N2O3S. The minimum atomic E-state index is -3.02. The van der Waals surface area contributed by atoms with Gasteiger partial charge < -0.3 is 10.6 Å². The number of nitrogens with one attached hydrogen (secondary N) is 2. The summed E-state index contributed by atoms with van der Waals surface area (Å²) in [5.74, 6) is 1.19. The van der Waals surface area contributed by atoms with Gasteiger partial charge in [-0.2, -0.15) is 0 Å². The fourth-order valence-corrected chi connectivity index (χ4v) is 4.04. The SMILES string of the molecule is CC1CCCC(NC(=O)NCc2ccc(CS(C)(=O)=O)cc2)C1C. The molecule has 0 spiro atoms. The summed E-state index contributed by atoms with van der Waals surface area (Å²) in [5, 5.41) is 5.96. The van der Waals surface area contributed by atoms with Crippen LogP contribution in [0.5, 0.6) is 0 Å². The van der Waals surface area contributed by atoms with Gasteiger partial charge in [-0.3, -0.25) is 0 Å². The van der Waals surface area contributed by atoms with E-state index in [4.69, 9.17) is 0 Å². The predicted molar refractivity (Wildman–Crippen MR) is 96.3 cm³/mol. The van der Waals surface area contributed by atoms with Crippen LogP contribution in [0.3, 0.4) is 0 Å². The van der Waals surface area contributed by atoms with E-state index in [9.17, 15) is 13.2 Å². The molecule has 0 radical (unpaired) electrons. The van der Waals surface area contributed by atoms with Crippen molar-refractivity contribution in [3.63, 3.8) is 0 Å². The third-order valence-electron chi connectivity index (χ3n) is 4.93. The van der Waals surface area contributed by atoms with E-state index in [1.807, 2.05) is 12.1 Å². The van der Waals surface area contributed by atoms with Gasteiger partial charge in [-0.25, -0.2) is 13.2 Å². The van der Waals surface area contributed by atoms with Crippen molar-refractivity contribution in [3.8, 4) is 0 Å². The van der Waals surface area contributed by atoms with Gasteiger partial charge in [-0.15, -0.1) is 0 Å². The molecule has 1 aliphatic carbocycles. The van der Waals surface area contributed by atoms with Crippen molar-refractivity contribution in [2.24, 2.45) is 11.8 Å². The number of hydrogen-bond donors (Lipinski definition) is 2. The van der Waals surface area contributed by atoms with E-state index in [1.165, 1.54) is 12.7 Å². The van der Waals surface area contributed by atoms with E-state index < -0.39 is 9.84 Å². The molecule has 0 aliphatic heterocycles. The van der Waals surface area contributed by atoms with Gasteiger partial charge in [0, 0.05) is 18.8 Å². The van der Waals surface area contributed by atoms with Crippen LogP contribution in [0.4, 0.5) is 4.79 Å². The molecule has 3 unspecified atom stereocenters. The summed E-state index contributed by atoms with van der Waals surface area (Å²) in [4.78, 5) is 12.1. The van der Waals surface area contributed by atoms with Gasteiger partial charge in [0.2, 0.25) is 0 Å². The molecular weight excluding hydrogens is 324 g/mol. The first-order chi connectivity index (χ1) is 11.2. The maximum Gasteiger partial charge on any atom is 0.315 e. The summed E-state index contributed by atoms with van der Waals surface area (Å²) in [7, 11) is -3.02. The van der Waals surface area contributed by atoms with Gasteiger partial charge >= 0.3 is 6.03 Å². The number of amides is 2. The number of carbonyl (C=O) groups excluding carboxylic acids is 1. The minimum absolute atomic E-state index is 0.0406. The monoisotopic (exact) mass is 352 g/mol. The zero-order valence-corrected chi connectivity index (χ0v) is 15.5. The summed E-state index contributed by atoms with van der Waals surface area (Å²) in [6.45, 7) is 4.88. The highest BCUT2D eigenvalue weighted by molar-refractivity contribution is 7.89. The highest BCUT2D eigenvalue weighted by atomic mass is 32.2. The lowest BCUT2D eigenvalue weighted by Crippen LogP contribution is -2.47. The largest absolute Gasteiger partial charge is 0.335 e. The van der Waals surface area contributed by atoms with Crippen LogP contribution in [-0.4, -0.2) is 26.7 Å². The molecule has 2 rings (SSSR count). The van der Waals surface area contributed by atoms with Crippen LogP contribution in [0.15, 0.2) is 24.3 Å². The van der Waals surface area contributed by atoms with Gasteiger partial charge in [-0.1, -0.05) is 51.0 Å². The molecule has 2 N–H and O–H groups in total. The second kappa shape index (κ2) is 8.01. The normalized spacial score (nSPS) is 24.4. The quantitative estimate of drug-likeness (QED) is 0.855. The Labute approximate surface area is 145 Å². The fraction of sp³-hybridized carbons (Fsp3) is 0.611. The highest BCUT2D eigenvalue weighted by Crippen LogP contribution is 2.29.